The first-order valence-corrected chi connectivity index (χ1v) is 9.10. The lowest BCUT2D eigenvalue weighted by molar-refractivity contribution is 0.188. The molecule has 1 atom stereocenters. The zero-order valence-corrected chi connectivity index (χ0v) is 15.4. The van der Waals surface area contributed by atoms with Gasteiger partial charge in [-0.1, -0.05) is 45.1 Å². The summed E-state index contributed by atoms with van der Waals surface area (Å²) < 4.78 is 10.9. The highest BCUT2D eigenvalue weighted by molar-refractivity contribution is 5.64. The number of nitrogens with one attached hydrogen (secondary N) is 1. The molecule has 0 aromatic heterocycles. The third-order valence-electron chi connectivity index (χ3n) is 4.07. The maximum Gasteiger partial charge on any atom is 0.404 e. The van der Waals surface area contributed by atoms with Crippen molar-refractivity contribution in [3.8, 4) is 11.5 Å². The van der Waals surface area contributed by atoms with E-state index in [1.807, 2.05) is 18.2 Å². The van der Waals surface area contributed by atoms with E-state index in [2.05, 4.69) is 12.2 Å². The molecule has 6 nitrogen and oxygen atoms in total. The topological polar surface area (TPSA) is 93.8 Å². The van der Waals surface area contributed by atoms with E-state index in [9.17, 15) is 4.79 Å². The molecule has 1 rings (SSSR count). The summed E-state index contributed by atoms with van der Waals surface area (Å²) in [5, 5.41) is 11.7. The maximum atomic E-state index is 11.1. The molecular formula is C19H32N2O4. The van der Waals surface area contributed by atoms with Crippen molar-refractivity contribution in [2.45, 2.75) is 57.9 Å². The van der Waals surface area contributed by atoms with Crippen LogP contribution in [-0.4, -0.2) is 37.5 Å². The minimum atomic E-state index is -0.978. The minimum absolute atomic E-state index is 0.0976. The van der Waals surface area contributed by atoms with Gasteiger partial charge in [0.25, 0.3) is 0 Å². The first-order chi connectivity index (χ1) is 12.1. The number of benzene rings is 1. The predicted molar refractivity (Wildman–Crippen MR) is 99.6 cm³/mol. The molecule has 0 fully saturated rings. The lowest BCUT2D eigenvalue weighted by atomic mass is 9.99. The summed E-state index contributed by atoms with van der Waals surface area (Å²) in [6.07, 6.45) is 6.30. The van der Waals surface area contributed by atoms with Crippen LogP contribution in [0.4, 0.5) is 4.79 Å². The second kappa shape index (κ2) is 12.4. The molecule has 0 aliphatic carbocycles. The van der Waals surface area contributed by atoms with E-state index in [4.69, 9.17) is 20.3 Å². The molecule has 1 aromatic carbocycles. The fourth-order valence-electron chi connectivity index (χ4n) is 2.81. The Morgan fingerprint density at radius 3 is 2.64 bits per heavy atom. The average Bonchev–Trinajstić information content (AvgIpc) is 2.59. The van der Waals surface area contributed by atoms with Gasteiger partial charge in [0.1, 0.15) is 6.61 Å². The van der Waals surface area contributed by atoms with Crippen LogP contribution >= 0.6 is 0 Å². The molecule has 142 valence electrons. The van der Waals surface area contributed by atoms with Gasteiger partial charge in [-0.3, -0.25) is 0 Å². The third kappa shape index (κ3) is 8.63. The van der Waals surface area contributed by atoms with Crippen LogP contribution in [0.2, 0.25) is 0 Å². The predicted octanol–water partition coefficient (Wildman–Crippen LogP) is 3.57. The van der Waals surface area contributed by atoms with Crippen LogP contribution in [0.15, 0.2) is 18.2 Å². The van der Waals surface area contributed by atoms with Crippen LogP contribution in [0, 0.1) is 0 Å². The van der Waals surface area contributed by atoms with Gasteiger partial charge in [-0.25, -0.2) is 4.79 Å². The van der Waals surface area contributed by atoms with Gasteiger partial charge >= 0.3 is 6.09 Å². The molecule has 1 unspecified atom stereocenters. The SMILES string of the molecule is CCCCCCCC(Cc1ccc(OCCN)c(OC)c1)NC(=O)O. The number of hydrogen-bond acceptors (Lipinski definition) is 4. The number of ether oxygens (including phenoxy) is 2. The van der Waals surface area contributed by atoms with E-state index in [1.165, 1.54) is 19.3 Å². The molecule has 0 aliphatic heterocycles. The van der Waals surface area contributed by atoms with Gasteiger partial charge in [0.2, 0.25) is 0 Å². The van der Waals surface area contributed by atoms with Crippen molar-refractivity contribution in [1.29, 1.82) is 0 Å². The van der Waals surface area contributed by atoms with Crippen LogP contribution in [0.3, 0.4) is 0 Å². The molecule has 1 amide bonds. The molecule has 0 heterocycles. The smallest absolute Gasteiger partial charge is 0.404 e. The molecule has 25 heavy (non-hydrogen) atoms. The fraction of sp³-hybridized carbons (Fsp3) is 0.632. The number of hydrogen-bond donors (Lipinski definition) is 3. The van der Waals surface area contributed by atoms with Crippen LogP contribution in [-0.2, 0) is 6.42 Å². The first-order valence-electron chi connectivity index (χ1n) is 9.10. The van der Waals surface area contributed by atoms with Gasteiger partial charge in [0.15, 0.2) is 11.5 Å². The molecule has 0 saturated carbocycles. The Kier molecular flexibility index (Phi) is 10.5. The van der Waals surface area contributed by atoms with Crippen LogP contribution in [0.5, 0.6) is 11.5 Å². The lowest BCUT2D eigenvalue weighted by Crippen LogP contribution is -2.35. The van der Waals surface area contributed by atoms with E-state index >= 15 is 0 Å². The van der Waals surface area contributed by atoms with Crippen LogP contribution in [0.1, 0.15) is 51.0 Å². The minimum Gasteiger partial charge on any atom is -0.493 e. The molecule has 0 bridgehead atoms. The van der Waals surface area contributed by atoms with E-state index in [-0.39, 0.29) is 6.04 Å². The molecule has 1 aromatic rings. The molecule has 4 N–H and O–H groups in total. The normalized spacial score (nSPS) is 11.8. The van der Waals surface area contributed by atoms with Gasteiger partial charge in [-0.15, -0.1) is 0 Å². The summed E-state index contributed by atoms with van der Waals surface area (Å²) in [7, 11) is 1.59. The standard InChI is InChI=1S/C19H32N2O4/c1-3-4-5-6-7-8-16(21-19(22)23)13-15-9-10-17(25-12-11-20)18(14-15)24-2/h9-10,14,16,21H,3-8,11-13,20H2,1-2H3,(H,22,23). The van der Waals surface area contributed by atoms with E-state index in [0.29, 0.717) is 31.1 Å². The summed E-state index contributed by atoms with van der Waals surface area (Å²) in [5.74, 6) is 1.29. The van der Waals surface area contributed by atoms with Crippen molar-refractivity contribution in [2.24, 2.45) is 5.73 Å². The highest BCUT2D eigenvalue weighted by atomic mass is 16.5. The van der Waals surface area contributed by atoms with Crippen molar-refractivity contribution in [1.82, 2.24) is 5.32 Å². The summed E-state index contributed by atoms with van der Waals surface area (Å²) in [6, 6.07) is 5.60. The Morgan fingerprint density at radius 2 is 2.00 bits per heavy atom. The van der Waals surface area contributed by atoms with Crippen molar-refractivity contribution in [3.63, 3.8) is 0 Å². The number of amides is 1. The molecule has 6 heteroatoms. The summed E-state index contributed by atoms with van der Waals surface area (Å²) in [5.41, 5.74) is 6.48. The number of carbonyl (C=O) groups is 1. The quantitative estimate of drug-likeness (QED) is 0.472. The largest absolute Gasteiger partial charge is 0.493 e. The highest BCUT2D eigenvalue weighted by Crippen LogP contribution is 2.28. The Balaban J connectivity index is 2.66. The van der Waals surface area contributed by atoms with Crippen molar-refractivity contribution in [3.05, 3.63) is 23.8 Å². The molecule has 0 spiro atoms. The Morgan fingerprint density at radius 1 is 1.24 bits per heavy atom. The number of methoxy groups -OCH3 is 1. The Bertz CT molecular complexity index is 508. The third-order valence-corrected chi connectivity index (χ3v) is 4.07. The van der Waals surface area contributed by atoms with Crippen LogP contribution < -0.4 is 20.5 Å². The fourth-order valence-corrected chi connectivity index (χ4v) is 2.81. The van der Waals surface area contributed by atoms with Gasteiger partial charge in [-0.2, -0.15) is 0 Å². The van der Waals surface area contributed by atoms with Crippen molar-refractivity contribution >= 4 is 6.09 Å². The summed E-state index contributed by atoms with van der Waals surface area (Å²) in [6.45, 7) is 3.05. The molecular weight excluding hydrogens is 320 g/mol. The van der Waals surface area contributed by atoms with Crippen molar-refractivity contribution < 1.29 is 19.4 Å². The summed E-state index contributed by atoms with van der Waals surface area (Å²) in [4.78, 5) is 11.1. The Labute approximate surface area is 150 Å². The van der Waals surface area contributed by atoms with Gasteiger partial charge < -0.3 is 25.6 Å². The molecule has 0 radical (unpaired) electrons. The monoisotopic (exact) mass is 352 g/mol. The van der Waals surface area contributed by atoms with Gasteiger partial charge in [-0.05, 0) is 30.5 Å². The Hall–Kier alpha value is -1.95. The number of unbranched alkanes of at least 4 members (excludes halogenated alkanes) is 4. The maximum absolute atomic E-state index is 11.1. The highest BCUT2D eigenvalue weighted by Gasteiger charge is 2.14. The molecule has 0 saturated heterocycles. The van der Waals surface area contributed by atoms with E-state index in [0.717, 1.165) is 24.8 Å². The zero-order valence-electron chi connectivity index (χ0n) is 15.4. The number of carboxylic acid groups (broad SMARTS) is 1. The lowest BCUT2D eigenvalue weighted by Gasteiger charge is -2.18. The van der Waals surface area contributed by atoms with Gasteiger partial charge in [0, 0.05) is 12.6 Å². The average molecular weight is 352 g/mol. The summed E-state index contributed by atoms with van der Waals surface area (Å²) >= 11 is 0. The second-order valence-electron chi connectivity index (χ2n) is 6.18. The van der Waals surface area contributed by atoms with E-state index in [1.54, 1.807) is 7.11 Å². The number of nitrogens with two attached hydrogens (primary N) is 1. The van der Waals surface area contributed by atoms with E-state index < -0.39 is 6.09 Å². The zero-order chi connectivity index (χ0) is 18.5. The first kappa shape index (κ1) is 21.1. The van der Waals surface area contributed by atoms with Crippen LogP contribution in [0.25, 0.3) is 0 Å². The van der Waals surface area contributed by atoms with Gasteiger partial charge in [0.05, 0.1) is 7.11 Å². The molecule has 0 aliphatic rings. The second-order valence-corrected chi connectivity index (χ2v) is 6.18. The number of rotatable bonds is 13. The van der Waals surface area contributed by atoms with Crippen molar-refractivity contribution in [2.75, 3.05) is 20.3 Å².